The highest BCUT2D eigenvalue weighted by molar-refractivity contribution is 5.78. The fraction of sp³-hybridized carbons (Fsp3) is 0.190. The average Bonchev–Trinajstić information content (AvgIpc) is 2.73. The molecule has 138 valence electrons. The van der Waals surface area contributed by atoms with Crippen LogP contribution >= 0.6 is 0 Å². The molecule has 0 aliphatic heterocycles. The third-order valence-corrected chi connectivity index (χ3v) is 4.33. The summed E-state index contributed by atoms with van der Waals surface area (Å²) in [5.41, 5.74) is 0.263. The van der Waals surface area contributed by atoms with E-state index in [9.17, 15) is 9.90 Å². The standard InChI is InChI=1S/C21H21N3O3/c1-27-15-19(25)24-20(16-7-3-2-4-8-16)21(26,17-9-5-11-22-13-17)18-10-6-12-23-14-18/h2-14,20,26H,15H2,1H3,(H,24,25). The van der Waals surface area contributed by atoms with Gasteiger partial charge in [0.25, 0.3) is 0 Å². The van der Waals surface area contributed by atoms with E-state index in [4.69, 9.17) is 4.74 Å². The van der Waals surface area contributed by atoms with E-state index in [-0.39, 0.29) is 12.5 Å². The quantitative estimate of drug-likeness (QED) is 0.672. The number of aromatic nitrogens is 2. The van der Waals surface area contributed by atoms with Gasteiger partial charge in [-0.05, 0) is 17.7 Å². The smallest absolute Gasteiger partial charge is 0.246 e. The van der Waals surface area contributed by atoms with E-state index in [1.165, 1.54) is 7.11 Å². The molecule has 6 nitrogen and oxygen atoms in total. The molecule has 2 heterocycles. The topological polar surface area (TPSA) is 84.3 Å². The Morgan fingerprint density at radius 1 is 1.04 bits per heavy atom. The Hall–Kier alpha value is -3.09. The van der Waals surface area contributed by atoms with Gasteiger partial charge in [-0.1, -0.05) is 42.5 Å². The Bertz CT molecular complexity index is 818. The second-order valence-electron chi connectivity index (χ2n) is 6.09. The highest BCUT2D eigenvalue weighted by Gasteiger charge is 2.42. The van der Waals surface area contributed by atoms with E-state index >= 15 is 0 Å². The van der Waals surface area contributed by atoms with Crippen molar-refractivity contribution in [1.82, 2.24) is 15.3 Å². The van der Waals surface area contributed by atoms with Crippen molar-refractivity contribution in [2.75, 3.05) is 13.7 Å². The van der Waals surface area contributed by atoms with Gasteiger partial charge in [0.15, 0.2) is 0 Å². The molecular weight excluding hydrogens is 342 g/mol. The van der Waals surface area contributed by atoms with E-state index in [2.05, 4.69) is 15.3 Å². The highest BCUT2D eigenvalue weighted by Crippen LogP contribution is 2.40. The Kier molecular flexibility index (Phi) is 5.90. The normalized spacial score (nSPS) is 12.4. The van der Waals surface area contributed by atoms with Crippen molar-refractivity contribution in [1.29, 1.82) is 0 Å². The van der Waals surface area contributed by atoms with Gasteiger partial charge in [0, 0.05) is 43.0 Å². The van der Waals surface area contributed by atoms with Crippen LogP contribution in [0.5, 0.6) is 0 Å². The van der Waals surface area contributed by atoms with Gasteiger partial charge in [-0.2, -0.15) is 0 Å². The highest BCUT2D eigenvalue weighted by atomic mass is 16.5. The van der Waals surface area contributed by atoms with Gasteiger partial charge in [-0.25, -0.2) is 0 Å². The lowest BCUT2D eigenvalue weighted by Crippen LogP contribution is -2.46. The molecular formula is C21H21N3O3. The first-order valence-corrected chi connectivity index (χ1v) is 8.53. The molecule has 0 saturated heterocycles. The summed E-state index contributed by atoms with van der Waals surface area (Å²) in [5, 5.41) is 14.9. The number of amides is 1. The minimum atomic E-state index is -1.58. The minimum absolute atomic E-state index is 0.112. The second kappa shape index (κ2) is 8.53. The molecule has 0 radical (unpaired) electrons. The zero-order chi connectivity index (χ0) is 19.1. The maximum atomic E-state index is 12.4. The third-order valence-electron chi connectivity index (χ3n) is 4.33. The number of methoxy groups -OCH3 is 1. The molecule has 0 fully saturated rings. The zero-order valence-electron chi connectivity index (χ0n) is 14.9. The number of ether oxygens (including phenoxy) is 1. The van der Waals surface area contributed by atoms with Gasteiger partial charge in [0.05, 0.1) is 6.04 Å². The van der Waals surface area contributed by atoms with Gasteiger partial charge < -0.3 is 15.2 Å². The van der Waals surface area contributed by atoms with E-state index < -0.39 is 11.6 Å². The zero-order valence-corrected chi connectivity index (χ0v) is 14.9. The summed E-state index contributed by atoms with van der Waals surface area (Å²) in [6.07, 6.45) is 6.44. The van der Waals surface area contributed by atoms with Crippen LogP contribution in [0.3, 0.4) is 0 Å². The molecule has 1 aromatic carbocycles. The number of hydrogen-bond acceptors (Lipinski definition) is 5. The number of pyridine rings is 2. The van der Waals surface area contributed by atoms with Gasteiger partial charge in [-0.15, -0.1) is 0 Å². The molecule has 1 unspecified atom stereocenters. The third kappa shape index (κ3) is 4.02. The van der Waals surface area contributed by atoms with Crippen LogP contribution in [0.25, 0.3) is 0 Å². The van der Waals surface area contributed by atoms with Crippen LogP contribution in [0.2, 0.25) is 0 Å². The molecule has 3 aromatic rings. The first-order valence-electron chi connectivity index (χ1n) is 8.53. The average molecular weight is 363 g/mol. The van der Waals surface area contributed by atoms with E-state index in [0.717, 1.165) is 5.56 Å². The fourth-order valence-electron chi connectivity index (χ4n) is 3.08. The summed E-state index contributed by atoms with van der Waals surface area (Å²) in [7, 11) is 1.45. The molecule has 0 aliphatic rings. The largest absolute Gasteiger partial charge is 0.378 e. The predicted molar refractivity (Wildman–Crippen MR) is 101 cm³/mol. The Morgan fingerprint density at radius 3 is 2.11 bits per heavy atom. The molecule has 3 rings (SSSR count). The molecule has 2 aromatic heterocycles. The first-order chi connectivity index (χ1) is 13.2. The monoisotopic (exact) mass is 363 g/mol. The summed E-state index contributed by atoms with van der Waals surface area (Å²) < 4.78 is 4.95. The Balaban J connectivity index is 2.17. The summed E-state index contributed by atoms with van der Waals surface area (Å²) in [5.74, 6) is -0.336. The molecule has 1 atom stereocenters. The number of aliphatic hydroxyl groups is 1. The van der Waals surface area contributed by atoms with Crippen LogP contribution in [-0.2, 0) is 15.1 Å². The van der Waals surface area contributed by atoms with Gasteiger partial charge in [0.2, 0.25) is 5.91 Å². The first kappa shape index (κ1) is 18.7. The molecule has 0 aliphatic carbocycles. The summed E-state index contributed by atoms with van der Waals surface area (Å²) in [6, 6.07) is 15.6. The Morgan fingerprint density at radius 2 is 1.63 bits per heavy atom. The minimum Gasteiger partial charge on any atom is -0.378 e. The van der Waals surface area contributed by atoms with Crippen molar-refractivity contribution in [2.45, 2.75) is 11.6 Å². The molecule has 0 saturated carbocycles. The lowest BCUT2D eigenvalue weighted by molar-refractivity contribution is -0.127. The van der Waals surface area contributed by atoms with Crippen LogP contribution in [0.15, 0.2) is 79.4 Å². The number of carbonyl (C=O) groups is 1. The molecule has 1 amide bonds. The maximum Gasteiger partial charge on any atom is 0.246 e. The number of rotatable bonds is 7. The van der Waals surface area contributed by atoms with Crippen molar-refractivity contribution in [3.63, 3.8) is 0 Å². The summed E-state index contributed by atoms with van der Waals surface area (Å²) >= 11 is 0. The van der Waals surface area contributed by atoms with Gasteiger partial charge >= 0.3 is 0 Å². The van der Waals surface area contributed by atoms with E-state index in [0.29, 0.717) is 11.1 Å². The van der Waals surface area contributed by atoms with Crippen molar-refractivity contribution in [2.24, 2.45) is 0 Å². The van der Waals surface area contributed by atoms with Crippen molar-refractivity contribution in [3.05, 3.63) is 96.1 Å². The van der Waals surface area contributed by atoms with Crippen LogP contribution < -0.4 is 5.32 Å². The number of benzene rings is 1. The predicted octanol–water partition coefficient (Wildman–Crippen LogP) is 2.22. The van der Waals surface area contributed by atoms with Crippen molar-refractivity contribution in [3.8, 4) is 0 Å². The van der Waals surface area contributed by atoms with Crippen LogP contribution in [0.1, 0.15) is 22.7 Å². The lowest BCUT2D eigenvalue weighted by Gasteiger charge is -2.37. The summed E-state index contributed by atoms with van der Waals surface area (Å²) in [6.45, 7) is -0.112. The SMILES string of the molecule is COCC(=O)NC(c1ccccc1)C(O)(c1cccnc1)c1cccnc1. The van der Waals surface area contributed by atoms with Crippen LogP contribution in [0, 0.1) is 0 Å². The Labute approximate surface area is 157 Å². The van der Waals surface area contributed by atoms with Crippen LogP contribution in [-0.4, -0.2) is 34.7 Å². The van der Waals surface area contributed by atoms with Crippen LogP contribution in [0.4, 0.5) is 0 Å². The van der Waals surface area contributed by atoms with E-state index in [1.807, 2.05) is 30.3 Å². The summed E-state index contributed by atoms with van der Waals surface area (Å²) in [4.78, 5) is 20.7. The van der Waals surface area contributed by atoms with Gasteiger partial charge in [-0.3, -0.25) is 14.8 Å². The van der Waals surface area contributed by atoms with Crippen molar-refractivity contribution >= 4 is 5.91 Å². The van der Waals surface area contributed by atoms with Crippen molar-refractivity contribution < 1.29 is 14.6 Å². The lowest BCUT2D eigenvalue weighted by atomic mass is 9.78. The second-order valence-corrected chi connectivity index (χ2v) is 6.09. The maximum absolute atomic E-state index is 12.4. The number of hydrogen-bond donors (Lipinski definition) is 2. The van der Waals surface area contributed by atoms with E-state index in [1.54, 1.807) is 49.1 Å². The number of carbonyl (C=O) groups excluding carboxylic acids is 1. The molecule has 6 heteroatoms. The molecule has 2 N–H and O–H groups in total. The number of nitrogens with one attached hydrogen (secondary N) is 1. The molecule has 0 bridgehead atoms. The number of nitrogens with zero attached hydrogens (tertiary/aromatic N) is 2. The van der Waals surface area contributed by atoms with Gasteiger partial charge in [0.1, 0.15) is 12.2 Å². The molecule has 0 spiro atoms. The molecule has 27 heavy (non-hydrogen) atoms. The fourth-order valence-corrected chi connectivity index (χ4v) is 3.08.